The van der Waals surface area contributed by atoms with Gasteiger partial charge in [0.1, 0.15) is 0 Å². The summed E-state index contributed by atoms with van der Waals surface area (Å²) in [6.45, 7) is 2.04. The van der Waals surface area contributed by atoms with Crippen LogP contribution in [0.1, 0.15) is 13.3 Å². The molecule has 1 aromatic rings. The van der Waals surface area contributed by atoms with Gasteiger partial charge in [0, 0.05) is 16.7 Å². The van der Waals surface area contributed by atoms with E-state index in [1.165, 1.54) is 12.0 Å². The third kappa shape index (κ3) is 4.53. The van der Waals surface area contributed by atoms with Gasteiger partial charge in [-0.3, -0.25) is 0 Å². The molecule has 0 aliphatic rings. The maximum Gasteiger partial charge on any atom is 0.330 e. The van der Waals surface area contributed by atoms with Crippen molar-refractivity contribution in [3.63, 3.8) is 0 Å². The fraction of sp³-hybridized carbons (Fsp3) is 0.308. The SMILES string of the molecule is CC/C(=C\C(=O)OC)CSc1ccccc1. The van der Waals surface area contributed by atoms with Crippen molar-refractivity contribution in [3.05, 3.63) is 42.0 Å². The van der Waals surface area contributed by atoms with Crippen LogP contribution in [0, 0.1) is 0 Å². The van der Waals surface area contributed by atoms with Crippen molar-refractivity contribution in [2.45, 2.75) is 18.2 Å². The van der Waals surface area contributed by atoms with Gasteiger partial charge in [0.25, 0.3) is 0 Å². The predicted molar refractivity (Wildman–Crippen MR) is 67.6 cm³/mol. The molecule has 0 aliphatic heterocycles. The molecule has 1 rings (SSSR count). The Hall–Kier alpha value is -1.22. The third-order valence-electron chi connectivity index (χ3n) is 2.14. The van der Waals surface area contributed by atoms with Gasteiger partial charge >= 0.3 is 5.97 Å². The standard InChI is InChI=1S/C13H16O2S/c1-3-11(9-13(14)15-2)10-16-12-7-5-4-6-8-12/h4-9H,3,10H2,1-2H3/b11-9+. The van der Waals surface area contributed by atoms with Crippen molar-refractivity contribution in [2.75, 3.05) is 12.9 Å². The largest absolute Gasteiger partial charge is 0.466 e. The molecule has 0 amide bonds. The number of thioether (sulfide) groups is 1. The molecule has 0 N–H and O–H groups in total. The monoisotopic (exact) mass is 236 g/mol. The number of ether oxygens (including phenoxy) is 1. The average molecular weight is 236 g/mol. The maximum absolute atomic E-state index is 11.1. The Morgan fingerprint density at radius 2 is 2.06 bits per heavy atom. The summed E-state index contributed by atoms with van der Waals surface area (Å²) in [5.74, 6) is 0.556. The number of hydrogen-bond acceptors (Lipinski definition) is 3. The number of carbonyl (C=O) groups excluding carboxylic acids is 1. The number of methoxy groups -OCH3 is 1. The molecule has 0 bridgehead atoms. The number of esters is 1. The molecule has 0 heterocycles. The van der Waals surface area contributed by atoms with E-state index in [2.05, 4.69) is 16.9 Å². The van der Waals surface area contributed by atoms with Crippen molar-refractivity contribution in [3.8, 4) is 0 Å². The number of benzene rings is 1. The van der Waals surface area contributed by atoms with E-state index in [9.17, 15) is 4.79 Å². The lowest BCUT2D eigenvalue weighted by atomic mass is 10.2. The Morgan fingerprint density at radius 1 is 1.38 bits per heavy atom. The molecule has 0 saturated heterocycles. The molecule has 0 aromatic heterocycles. The summed E-state index contributed by atoms with van der Waals surface area (Å²) in [4.78, 5) is 12.3. The topological polar surface area (TPSA) is 26.3 Å². The Bertz CT molecular complexity index is 357. The second kappa shape index (κ2) is 7.12. The molecule has 1 aromatic carbocycles. The van der Waals surface area contributed by atoms with E-state index in [1.807, 2.05) is 25.1 Å². The van der Waals surface area contributed by atoms with Crippen LogP contribution in [0.25, 0.3) is 0 Å². The quantitative estimate of drug-likeness (QED) is 0.446. The highest BCUT2D eigenvalue weighted by Gasteiger charge is 2.01. The van der Waals surface area contributed by atoms with Gasteiger partial charge in [-0.2, -0.15) is 0 Å². The van der Waals surface area contributed by atoms with Gasteiger partial charge in [0.05, 0.1) is 7.11 Å². The summed E-state index contributed by atoms with van der Waals surface area (Å²) >= 11 is 1.73. The van der Waals surface area contributed by atoms with Gasteiger partial charge in [0.15, 0.2) is 0 Å². The molecule has 16 heavy (non-hydrogen) atoms. The molecule has 0 fully saturated rings. The predicted octanol–water partition coefficient (Wildman–Crippen LogP) is 3.29. The molecule has 0 unspecified atom stereocenters. The van der Waals surface area contributed by atoms with Crippen LogP contribution in [0.5, 0.6) is 0 Å². The Balaban J connectivity index is 2.52. The zero-order valence-electron chi connectivity index (χ0n) is 9.60. The number of hydrogen-bond donors (Lipinski definition) is 0. The molecule has 3 heteroatoms. The molecule has 0 aliphatic carbocycles. The van der Waals surface area contributed by atoms with E-state index in [0.717, 1.165) is 17.7 Å². The highest BCUT2D eigenvalue weighted by atomic mass is 32.2. The lowest BCUT2D eigenvalue weighted by Crippen LogP contribution is -1.98. The van der Waals surface area contributed by atoms with Crippen LogP contribution < -0.4 is 0 Å². The van der Waals surface area contributed by atoms with E-state index in [4.69, 9.17) is 0 Å². The first-order valence-electron chi connectivity index (χ1n) is 5.21. The van der Waals surface area contributed by atoms with E-state index >= 15 is 0 Å². The fourth-order valence-electron chi connectivity index (χ4n) is 1.16. The number of carbonyl (C=O) groups is 1. The smallest absolute Gasteiger partial charge is 0.330 e. The molecular weight excluding hydrogens is 220 g/mol. The second-order valence-corrected chi connectivity index (χ2v) is 4.33. The highest BCUT2D eigenvalue weighted by Crippen LogP contribution is 2.21. The van der Waals surface area contributed by atoms with Crippen LogP contribution in [0.2, 0.25) is 0 Å². The van der Waals surface area contributed by atoms with Crippen LogP contribution in [-0.4, -0.2) is 18.8 Å². The summed E-state index contributed by atoms with van der Waals surface area (Å²) in [6, 6.07) is 10.2. The summed E-state index contributed by atoms with van der Waals surface area (Å²) < 4.78 is 4.61. The van der Waals surface area contributed by atoms with E-state index in [0.29, 0.717) is 0 Å². The number of rotatable bonds is 5. The Kier molecular flexibility index (Phi) is 5.72. The summed E-state index contributed by atoms with van der Waals surface area (Å²) in [5, 5.41) is 0. The summed E-state index contributed by atoms with van der Waals surface area (Å²) in [5.41, 5.74) is 1.10. The Labute approximate surface area is 101 Å². The van der Waals surface area contributed by atoms with Gasteiger partial charge in [-0.05, 0) is 18.6 Å². The molecular formula is C13H16O2S. The minimum atomic E-state index is -0.273. The van der Waals surface area contributed by atoms with E-state index in [1.54, 1.807) is 17.8 Å². The molecule has 0 saturated carbocycles. The van der Waals surface area contributed by atoms with Crippen LogP contribution >= 0.6 is 11.8 Å². The van der Waals surface area contributed by atoms with E-state index in [-0.39, 0.29) is 5.97 Å². The van der Waals surface area contributed by atoms with Crippen molar-refractivity contribution in [1.82, 2.24) is 0 Å². The fourth-order valence-corrected chi connectivity index (χ4v) is 2.15. The van der Waals surface area contributed by atoms with E-state index < -0.39 is 0 Å². The first-order chi connectivity index (χ1) is 7.76. The minimum Gasteiger partial charge on any atom is -0.466 e. The van der Waals surface area contributed by atoms with Gasteiger partial charge < -0.3 is 4.74 Å². The highest BCUT2D eigenvalue weighted by molar-refractivity contribution is 7.99. The van der Waals surface area contributed by atoms with Crippen LogP contribution in [-0.2, 0) is 9.53 Å². The summed E-state index contributed by atoms with van der Waals surface area (Å²) in [7, 11) is 1.40. The van der Waals surface area contributed by atoms with Crippen molar-refractivity contribution >= 4 is 17.7 Å². The van der Waals surface area contributed by atoms with Crippen LogP contribution in [0.4, 0.5) is 0 Å². The average Bonchev–Trinajstić information content (AvgIpc) is 2.35. The lowest BCUT2D eigenvalue weighted by molar-refractivity contribution is -0.134. The minimum absolute atomic E-state index is 0.273. The first kappa shape index (κ1) is 12.8. The third-order valence-corrected chi connectivity index (χ3v) is 3.27. The maximum atomic E-state index is 11.1. The second-order valence-electron chi connectivity index (χ2n) is 3.28. The molecule has 0 spiro atoms. The van der Waals surface area contributed by atoms with Gasteiger partial charge in [-0.15, -0.1) is 11.8 Å². The molecule has 2 nitrogen and oxygen atoms in total. The normalized spacial score (nSPS) is 11.2. The van der Waals surface area contributed by atoms with Gasteiger partial charge in [0.2, 0.25) is 0 Å². The van der Waals surface area contributed by atoms with Gasteiger partial charge in [-0.1, -0.05) is 30.7 Å². The van der Waals surface area contributed by atoms with Crippen molar-refractivity contribution in [1.29, 1.82) is 0 Å². The summed E-state index contributed by atoms with van der Waals surface area (Å²) in [6.07, 6.45) is 2.45. The Morgan fingerprint density at radius 3 is 2.62 bits per heavy atom. The molecule has 0 atom stereocenters. The van der Waals surface area contributed by atoms with Crippen molar-refractivity contribution in [2.24, 2.45) is 0 Å². The first-order valence-corrected chi connectivity index (χ1v) is 6.20. The molecule has 86 valence electrons. The zero-order valence-corrected chi connectivity index (χ0v) is 10.4. The van der Waals surface area contributed by atoms with Crippen LogP contribution in [0.15, 0.2) is 46.9 Å². The molecule has 0 radical (unpaired) electrons. The van der Waals surface area contributed by atoms with Crippen LogP contribution in [0.3, 0.4) is 0 Å². The van der Waals surface area contributed by atoms with Crippen molar-refractivity contribution < 1.29 is 9.53 Å². The van der Waals surface area contributed by atoms with Gasteiger partial charge in [-0.25, -0.2) is 4.79 Å². The lowest BCUT2D eigenvalue weighted by Gasteiger charge is -2.04. The zero-order chi connectivity index (χ0) is 11.8.